The Morgan fingerprint density at radius 1 is 1.33 bits per heavy atom. The summed E-state index contributed by atoms with van der Waals surface area (Å²) >= 11 is 8.92. The van der Waals surface area contributed by atoms with Gasteiger partial charge in [-0.2, -0.15) is 13.2 Å². The molecule has 0 heterocycles. The lowest BCUT2D eigenvalue weighted by Crippen LogP contribution is -2.28. The van der Waals surface area contributed by atoms with E-state index in [-0.39, 0.29) is 6.54 Å². The van der Waals surface area contributed by atoms with Crippen LogP contribution in [-0.4, -0.2) is 12.7 Å². The molecule has 1 aromatic carbocycles. The average molecular weight is 303 g/mol. The number of halogens is 5. The molecule has 1 aromatic rings. The molecule has 0 bridgehead atoms. The Labute approximate surface area is 98.7 Å². The number of hydrogen-bond donors (Lipinski definition) is 1. The molecule has 0 aliphatic rings. The van der Waals surface area contributed by atoms with Crippen molar-refractivity contribution in [2.75, 3.05) is 6.54 Å². The van der Waals surface area contributed by atoms with Crippen molar-refractivity contribution in [3.05, 3.63) is 33.3 Å². The molecule has 0 fully saturated rings. The number of nitrogens with one attached hydrogen (secondary N) is 1. The number of hydrogen-bond acceptors (Lipinski definition) is 1. The van der Waals surface area contributed by atoms with E-state index in [1.165, 1.54) is 0 Å². The molecule has 1 N–H and O–H groups in total. The van der Waals surface area contributed by atoms with E-state index < -0.39 is 12.7 Å². The summed E-state index contributed by atoms with van der Waals surface area (Å²) in [6, 6.07) is 4.96. The van der Waals surface area contributed by atoms with E-state index in [2.05, 4.69) is 21.2 Å². The van der Waals surface area contributed by atoms with Gasteiger partial charge in [-0.15, -0.1) is 0 Å². The van der Waals surface area contributed by atoms with Crippen LogP contribution in [-0.2, 0) is 6.54 Å². The van der Waals surface area contributed by atoms with Gasteiger partial charge in [0, 0.05) is 16.0 Å². The molecule has 0 aliphatic heterocycles. The van der Waals surface area contributed by atoms with E-state index in [1.54, 1.807) is 18.2 Å². The Balaban J connectivity index is 2.51. The molecule has 0 unspecified atom stereocenters. The van der Waals surface area contributed by atoms with Gasteiger partial charge in [-0.3, -0.25) is 0 Å². The van der Waals surface area contributed by atoms with Crippen molar-refractivity contribution in [1.29, 1.82) is 0 Å². The topological polar surface area (TPSA) is 12.0 Å². The Morgan fingerprint density at radius 2 is 2.00 bits per heavy atom. The van der Waals surface area contributed by atoms with Crippen molar-refractivity contribution in [2.45, 2.75) is 12.7 Å². The van der Waals surface area contributed by atoms with Crippen molar-refractivity contribution in [1.82, 2.24) is 5.32 Å². The third-order valence-electron chi connectivity index (χ3n) is 1.66. The second kappa shape index (κ2) is 5.18. The fraction of sp³-hybridized carbons (Fsp3) is 0.333. The van der Waals surface area contributed by atoms with Gasteiger partial charge >= 0.3 is 6.18 Å². The van der Waals surface area contributed by atoms with Crippen LogP contribution in [0.2, 0.25) is 5.02 Å². The lowest BCUT2D eigenvalue weighted by molar-refractivity contribution is -0.125. The summed E-state index contributed by atoms with van der Waals surface area (Å²) in [6.45, 7) is -0.848. The van der Waals surface area contributed by atoms with Crippen LogP contribution in [0.4, 0.5) is 13.2 Å². The zero-order valence-corrected chi connectivity index (χ0v) is 9.88. The van der Waals surface area contributed by atoms with Crippen LogP contribution in [0.3, 0.4) is 0 Å². The summed E-state index contributed by atoms with van der Waals surface area (Å²) in [5.41, 5.74) is 0.739. The number of benzene rings is 1. The molecule has 0 saturated carbocycles. The first-order chi connectivity index (χ1) is 6.88. The second-order valence-corrected chi connectivity index (χ2v) is 4.25. The van der Waals surface area contributed by atoms with E-state index in [0.717, 1.165) is 5.56 Å². The molecule has 0 amide bonds. The largest absolute Gasteiger partial charge is 0.401 e. The molecule has 84 valence electrons. The maximum atomic E-state index is 11.8. The third-order valence-corrected chi connectivity index (χ3v) is 2.63. The summed E-state index contributed by atoms with van der Waals surface area (Å²) in [6.07, 6.45) is -4.18. The summed E-state index contributed by atoms with van der Waals surface area (Å²) in [5, 5.41) is 2.85. The van der Waals surface area contributed by atoms with Crippen LogP contribution in [0.25, 0.3) is 0 Å². The maximum Gasteiger partial charge on any atom is 0.401 e. The molecule has 0 atom stereocenters. The van der Waals surface area contributed by atoms with Crippen LogP contribution in [0.1, 0.15) is 5.56 Å². The maximum absolute atomic E-state index is 11.8. The van der Waals surface area contributed by atoms with Gasteiger partial charge in [-0.05, 0) is 17.7 Å². The Morgan fingerprint density at radius 3 is 2.53 bits per heavy atom. The molecule has 0 spiro atoms. The van der Waals surface area contributed by atoms with Gasteiger partial charge < -0.3 is 5.32 Å². The highest BCUT2D eigenvalue weighted by Gasteiger charge is 2.26. The van der Waals surface area contributed by atoms with Crippen molar-refractivity contribution < 1.29 is 13.2 Å². The smallest absolute Gasteiger partial charge is 0.305 e. The van der Waals surface area contributed by atoms with Crippen LogP contribution in [0.15, 0.2) is 22.7 Å². The van der Waals surface area contributed by atoms with Gasteiger partial charge in [-0.25, -0.2) is 0 Å². The monoisotopic (exact) mass is 301 g/mol. The molecule has 15 heavy (non-hydrogen) atoms. The molecular formula is C9H8BrClF3N. The van der Waals surface area contributed by atoms with Gasteiger partial charge in [0.1, 0.15) is 0 Å². The van der Waals surface area contributed by atoms with Gasteiger partial charge in [0.05, 0.1) is 6.54 Å². The number of rotatable bonds is 3. The first-order valence-corrected chi connectivity index (χ1v) is 5.27. The zero-order chi connectivity index (χ0) is 11.5. The van der Waals surface area contributed by atoms with E-state index in [0.29, 0.717) is 9.50 Å². The minimum absolute atomic E-state index is 0.150. The van der Waals surface area contributed by atoms with Crippen LogP contribution in [0, 0.1) is 0 Å². The van der Waals surface area contributed by atoms with E-state index in [9.17, 15) is 13.2 Å². The molecule has 0 aliphatic carbocycles. The van der Waals surface area contributed by atoms with E-state index in [4.69, 9.17) is 11.6 Å². The van der Waals surface area contributed by atoms with Crippen LogP contribution in [0.5, 0.6) is 0 Å². The lowest BCUT2D eigenvalue weighted by Gasteiger charge is -2.09. The van der Waals surface area contributed by atoms with Crippen LogP contribution < -0.4 is 5.32 Å². The quantitative estimate of drug-likeness (QED) is 0.896. The Hall–Kier alpha value is -0.260. The number of alkyl halides is 3. The molecule has 1 nitrogen and oxygen atoms in total. The first-order valence-electron chi connectivity index (χ1n) is 4.10. The van der Waals surface area contributed by atoms with Gasteiger partial charge in [0.2, 0.25) is 0 Å². The summed E-state index contributed by atoms with van der Waals surface area (Å²) in [4.78, 5) is 0. The van der Waals surface area contributed by atoms with Gasteiger partial charge in [-0.1, -0.05) is 33.6 Å². The van der Waals surface area contributed by atoms with Crippen molar-refractivity contribution in [3.63, 3.8) is 0 Å². The molecule has 1 rings (SSSR count). The normalized spacial score (nSPS) is 11.8. The molecule has 0 aromatic heterocycles. The highest BCUT2D eigenvalue weighted by molar-refractivity contribution is 9.10. The van der Waals surface area contributed by atoms with E-state index in [1.807, 2.05) is 0 Å². The van der Waals surface area contributed by atoms with Crippen molar-refractivity contribution >= 4 is 27.5 Å². The predicted molar refractivity (Wildman–Crippen MR) is 56.9 cm³/mol. The summed E-state index contributed by atoms with van der Waals surface area (Å²) in [7, 11) is 0. The molecule has 0 saturated heterocycles. The minimum atomic E-state index is -4.18. The Bertz CT molecular complexity index is 341. The van der Waals surface area contributed by atoms with E-state index >= 15 is 0 Å². The highest BCUT2D eigenvalue weighted by Crippen LogP contribution is 2.21. The third kappa shape index (κ3) is 4.86. The predicted octanol–water partition coefficient (Wildman–Crippen LogP) is 3.75. The Kier molecular flexibility index (Phi) is 4.43. The summed E-state index contributed by atoms with van der Waals surface area (Å²) in [5.74, 6) is 0. The highest BCUT2D eigenvalue weighted by atomic mass is 79.9. The molecule has 6 heteroatoms. The minimum Gasteiger partial charge on any atom is -0.305 e. The average Bonchev–Trinajstić information content (AvgIpc) is 2.07. The second-order valence-electron chi connectivity index (χ2n) is 2.95. The summed E-state index contributed by atoms with van der Waals surface area (Å²) < 4.78 is 36.2. The van der Waals surface area contributed by atoms with Crippen LogP contribution >= 0.6 is 27.5 Å². The molecule has 0 radical (unpaired) electrons. The molecular weight excluding hydrogens is 294 g/mol. The van der Waals surface area contributed by atoms with Gasteiger partial charge in [0.15, 0.2) is 0 Å². The van der Waals surface area contributed by atoms with Crippen molar-refractivity contribution in [3.8, 4) is 0 Å². The standard InChI is InChI=1S/C9H8BrClF3N/c10-8-3-7(11)2-1-6(8)4-15-5-9(12,13)14/h1-3,15H,4-5H2. The fourth-order valence-corrected chi connectivity index (χ4v) is 1.83. The zero-order valence-electron chi connectivity index (χ0n) is 7.54. The first kappa shape index (κ1) is 12.8. The SMILES string of the molecule is FC(F)(F)CNCc1ccc(Cl)cc1Br. The van der Waals surface area contributed by atoms with Crippen molar-refractivity contribution in [2.24, 2.45) is 0 Å². The lowest BCUT2D eigenvalue weighted by atomic mass is 10.2. The fourth-order valence-electron chi connectivity index (χ4n) is 1.00. The van der Waals surface area contributed by atoms with Gasteiger partial charge in [0.25, 0.3) is 0 Å².